The Balaban J connectivity index is 1.93. The van der Waals surface area contributed by atoms with Crippen LogP contribution in [0.2, 0.25) is 5.02 Å². The molecular weight excluding hydrogens is 352 g/mol. The van der Waals surface area contributed by atoms with Crippen LogP contribution in [0.25, 0.3) is 0 Å². The van der Waals surface area contributed by atoms with Crippen molar-refractivity contribution in [2.45, 2.75) is 19.4 Å². The van der Waals surface area contributed by atoms with Gasteiger partial charge in [0.05, 0.1) is 23.8 Å². The predicted octanol–water partition coefficient (Wildman–Crippen LogP) is 2.89. The lowest BCUT2D eigenvalue weighted by Crippen LogP contribution is -2.31. The highest BCUT2D eigenvalue weighted by atomic mass is 35.5. The van der Waals surface area contributed by atoms with Crippen LogP contribution in [0.1, 0.15) is 28.1 Å². The number of nitrogens with zero attached hydrogens (tertiary/aromatic N) is 1. The Bertz CT molecular complexity index is 876. The van der Waals surface area contributed by atoms with E-state index in [9.17, 15) is 13.2 Å². The normalized spacial score (nSPS) is 14.8. The molecule has 1 aliphatic heterocycles. The average molecular weight is 369 g/mol. The van der Waals surface area contributed by atoms with E-state index < -0.39 is 10.0 Å². The molecular formula is C16H17ClN2O4S. The lowest BCUT2D eigenvalue weighted by Gasteiger charge is -2.22. The first kappa shape index (κ1) is 16.9. The Labute approximate surface area is 145 Å². The highest BCUT2D eigenvalue weighted by molar-refractivity contribution is 7.92. The topological polar surface area (TPSA) is 79.6 Å². The quantitative estimate of drug-likeness (QED) is 0.903. The second-order valence-corrected chi connectivity index (χ2v) is 7.95. The van der Waals surface area contributed by atoms with Crippen LogP contribution in [0, 0.1) is 0 Å². The molecule has 0 spiro atoms. The van der Waals surface area contributed by atoms with Crippen molar-refractivity contribution in [1.82, 2.24) is 4.90 Å². The third-order valence-corrected chi connectivity index (χ3v) is 4.65. The van der Waals surface area contributed by atoms with Crippen molar-refractivity contribution in [2.75, 3.05) is 17.5 Å². The maximum Gasteiger partial charge on any atom is 0.256 e. The number of benzene rings is 1. The number of carbonyl (C=O) groups is 1. The maximum absolute atomic E-state index is 12.9. The van der Waals surface area contributed by atoms with Crippen LogP contribution in [-0.2, 0) is 23.0 Å². The summed E-state index contributed by atoms with van der Waals surface area (Å²) in [5.74, 6) is 0.628. The lowest BCUT2D eigenvalue weighted by atomic mass is 10.1. The van der Waals surface area contributed by atoms with Gasteiger partial charge in [0, 0.05) is 30.1 Å². The van der Waals surface area contributed by atoms with E-state index >= 15 is 0 Å². The Morgan fingerprint density at radius 3 is 2.88 bits per heavy atom. The van der Waals surface area contributed by atoms with Gasteiger partial charge in [-0.1, -0.05) is 11.6 Å². The van der Waals surface area contributed by atoms with Crippen molar-refractivity contribution in [2.24, 2.45) is 0 Å². The number of hydrogen-bond acceptors (Lipinski definition) is 4. The van der Waals surface area contributed by atoms with E-state index in [1.807, 2.05) is 6.07 Å². The van der Waals surface area contributed by atoms with Gasteiger partial charge in [0.1, 0.15) is 5.76 Å². The third-order valence-electron chi connectivity index (χ3n) is 3.83. The van der Waals surface area contributed by atoms with Crippen LogP contribution in [0.3, 0.4) is 0 Å². The van der Waals surface area contributed by atoms with Crippen molar-refractivity contribution in [1.29, 1.82) is 0 Å². The molecule has 6 nitrogen and oxygen atoms in total. The number of furan rings is 1. The fourth-order valence-corrected chi connectivity index (χ4v) is 3.52. The number of sulfonamides is 1. The summed E-state index contributed by atoms with van der Waals surface area (Å²) < 4.78 is 30.9. The molecule has 1 aromatic carbocycles. The fraction of sp³-hybridized carbons (Fsp3) is 0.312. The highest BCUT2D eigenvalue weighted by Crippen LogP contribution is 2.26. The molecule has 0 aliphatic carbocycles. The molecule has 0 atom stereocenters. The van der Waals surface area contributed by atoms with Gasteiger partial charge in [-0.3, -0.25) is 9.52 Å². The molecule has 128 valence electrons. The van der Waals surface area contributed by atoms with Crippen LogP contribution < -0.4 is 4.72 Å². The van der Waals surface area contributed by atoms with Crippen molar-refractivity contribution < 1.29 is 17.6 Å². The number of halogens is 1. The molecule has 1 aromatic heterocycles. The van der Waals surface area contributed by atoms with Crippen LogP contribution in [0.15, 0.2) is 34.9 Å². The second kappa shape index (κ2) is 6.49. The molecule has 1 amide bonds. The van der Waals surface area contributed by atoms with Gasteiger partial charge in [-0.2, -0.15) is 0 Å². The van der Waals surface area contributed by atoms with Gasteiger partial charge in [-0.15, -0.1) is 0 Å². The fourth-order valence-electron chi connectivity index (χ4n) is 2.77. The summed E-state index contributed by atoms with van der Waals surface area (Å²) >= 11 is 6.00. The molecule has 1 N–H and O–H groups in total. The number of anilines is 1. The molecule has 0 fully saturated rings. The van der Waals surface area contributed by atoms with Crippen molar-refractivity contribution in [3.05, 3.63) is 52.4 Å². The summed E-state index contributed by atoms with van der Waals surface area (Å²) in [5.41, 5.74) is 1.43. The molecule has 8 heteroatoms. The minimum atomic E-state index is -3.50. The third kappa shape index (κ3) is 3.73. The average Bonchev–Trinajstić information content (AvgIpc) is 2.84. The molecule has 3 rings (SSSR count). The van der Waals surface area contributed by atoms with Crippen molar-refractivity contribution in [3.63, 3.8) is 0 Å². The Morgan fingerprint density at radius 2 is 2.12 bits per heavy atom. The SMILES string of the molecule is CS(=O)(=O)Nc1ccc(Cl)cc1C(=O)N1CCCc2occc2C1. The summed E-state index contributed by atoms with van der Waals surface area (Å²) in [6.45, 7) is 0.989. The van der Waals surface area contributed by atoms with Gasteiger partial charge in [0.2, 0.25) is 10.0 Å². The van der Waals surface area contributed by atoms with Crippen molar-refractivity contribution in [3.8, 4) is 0 Å². The minimum Gasteiger partial charge on any atom is -0.469 e. The van der Waals surface area contributed by atoms with E-state index in [0.717, 1.165) is 30.4 Å². The smallest absolute Gasteiger partial charge is 0.256 e. The van der Waals surface area contributed by atoms with E-state index in [-0.39, 0.29) is 17.2 Å². The molecule has 0 saturated carbocycles. The van der Waals surface area contributed by atoms with E-state index in [1.54, 1.807) is 17.2 Å². The molecule has 24 heavy (non-hydrogen) atoms. The van der Waals surface area contributed by atoms with E-state index in [4.69, 9.17) is 16.0 Å². The Hall–Kier alpha value is -1.99. The minimum absolute atomic E-state index is 0.226. The Morgan fingerprint density at radius 1 is 1.33 bits per heavy atom. The van der Waals surface area contributed by atoms with Crippen LogP contribution in [-0.4, -0.2) is 32.0 Å². The first-order valence-electron chi connectivity index (χ1n) is 7.45. The largest absolute Gasteiger partial charge is 0.469 e. The summed E-state index contributed by atoms with van der Waals surface area (Å²) in [7, 11) is -3.50. The number of nitrogens with one attached hydrogen (secondary N) is 1. The van der Waals surface area contributed by atoms with E-state index in [0.29, 0.717) is 18.1 Å². The number of carbonyl (C=O) groups excluding carboxylic acids is 1. The number of rotatable bonds is 3. The monoisotopic (exact) mass is 368 g/mol. The Kier molecular flexibility index (Phi) is 4.56. The van der Waals surface area contributed by atoms with Crippen LogP contribution in [0.4, 0.5) is 5.69 Å². The standard InChI is InChI=1S/C16H17ClN2O4S/c1-24(21,22)18-14-5-4-12(17)9-13(14)16(20)19-7-2-3-15-11(10-19)6-8-23-15/h4-6,8-9,18H,2-3,7,10H2,1H3. The number of fused-ring (bicyclic) bond motifs is 1. The maximum atomic E-state index is 12.9. The van der Waals surface area contributed by atoms with Gasteiger partial charge in [0.15, 0.2) is 0 Å². The molecule has 1 aliphatic rings. The molecule has 0 saturated heterocycles. The number of amides is 1. The van der Waals surface area contributed by atoms with E-state index in [1.165, 1.54) is 12.1 Å². The van der Waals surface area contributed by atoms with Gasteiger partial charge in [-0.05, 0) is 30.7 Å². The summed E-state index contributed by atoms with van der Waals surface area (Å²) in [6.07, 6.45) is 4.21. The zero-order chi connectivity index (χ0) is 17.3. The molecule has 0 unspecified atom stereocenters. The second-order valence-electron chi connectivity index (χ2n) is 5.76. The lowest BCUT2D eigenvalue weighted by molar-refractivity contribution is 0.0747. The van der Waals surface area contributed by atoms with E-state index in [2.05, 4.69) is 4.72 Å². The molecule has 2 aromatic rings. The molecule has 0 bridgehead atoms. The van der Waals surface area contributed by atoms with Gasteiger partial charge in [-0.25, -0.2) is 8.42 Å². The molecule has 0 radical (unpaired) electrons. The molecule has 2 heterocycles. The van der Waals surface area contributed by atoms with Crippen LogP contribution in [0.5, 0.6) is 0 Å². The summed E-state index contributed by atoms with van der Waals surface area (Å²) in [6, 6.07) is 6.38. The van der Waals surface area contributed by atoms with Gasteiger partial charge >= 0.3 is 0 Å². The van der Waals surface area contributed by atoms with Crippen molar-refractivity contribution >= 4 is 33.2 Å². The van der Waals surface area contributed by atoms with Gasteiger partial charge in [0.25, 0.3) is 5.91 Å². The van der Waals surface area contributed by atoms with Crippen LogP contribution >= 0.6 is 11.6 Å². The predicted molar refractivity (Wildman–Crippen MR) is 91.7 cm³/mol. The number of hydrogen-bond donors (Lipinski definition) is 1. The first-order valence-corrected chi connectivity index (χ1v) is 9.72. The zero-order valence-corrected chi connectivity index (χ0v) is 14.7. The highest BCUT2D eigenvalue weighted by Gasteiger charge is 2.24. The van der Waals surface area contributed by atoms with Gasteiger partial charge < -0.3 is 9.32 Å². The summed E-state index contributed by atoms with van der Waals surface area (Å²) in [4.78, 5) is 14.6. The first-order chi connectivity index (χ1) is 11.3. The summed E-state index contributed by atoms with van der Waals surface area (Å²) in [5, 5.41) is 0.372. The zero-order valence-electron chi connectivity index (χ0n) is 13.1. The number of aryl methyl sites for hydroxylation is 1.